The normalized spacial score (nSPS) is 33.3. The molecule has 4 amide bonds. The Morgan fingerprint density at radius 1 is 1.17 bits per heavy atom. The van der Waals surface area contributed by atoms with Gasteiger partial charge in [0, 0.05) is 0 Å². The van der Waals surface area contributed by atoms with Crippen molar-refractivity contribution in [3.8, 4) is 0 Å². The van der Waals surface area contributed by atoms with E-state index in [-0.39, 0.29) is 35.6 Å². The second-order valence-electron chi connectivity index (χ2n) is 10.1. The van der Waals surface area contributed by atoms with E-state index in [0.29, 0.717) is 17.9 Å². The van der Waals surface area contributed by atoms with Gasteiger partial charge in [-0.25, -0.2) is 9.29 Å². The zero-order valence-corrected chi connectivity index (χ0v) is 19.9. The molecule has 1 aromatic carbocycles. The topological polar surface area (TPSA) is 117 Å². The van der Waals surface area contributed by atoms with Crippen LogP contribution >= 0.6 is 11.6 Å². The Bertz CT molecular complexity index is 1380. The molecule has 2 aliphatic heterocycles. The summed E-state index contributed by atoms with van der Waals surface area (Å²) in [6.07, 6.45) is 2.43. The van der Waals surface area contributed by atoms with Crippen molar-refractivity contribution in [3.63, 3.8) is 0 Å². The van der Waals surface area contributed by atoms with E-state index in [9.17, 15) is 28.7 Å². The molecule has 6 atom stereocenters. The molecule has 3 fully saturated rings. The summed E-state index contributed by atoms with van der Waals surface area (Å²) < 4.78 is 19.7. The molecule has 4 aliphatic rings. The Hall–Kier alpha value is -3.30. The lowest BCUT2D eigenvalue weighted by Gasteiger charge is -2.48. The predicted octanol–water partition coefficient (Wildman–Crippen LogP) is 3.08. The number of hydrogen-bond acceptors (Lipinski definition) is 6. The van der Waals surface area contributed by atoms with Crippen LogP contribution in [0.3, 0.4) is 0 Å². The minimum atomic E-state index is -1.28. The van der Waals surface area contributed by atoms with E-state index in [1.807, 2.05) is 6.08 Å². The van der Waals surface area contributed by atoms with E-state index >= 15 is 0 Å². The van der Waals surface area contributed by atoms with Gasteiger partial charge < -0.3 is 9.52 Å². The van der Waals surface area contributed by atoms with Crippen LogP contribution in [0.2, 0.25) is 5.02 Å². The van der Waals surface area contributed by atoms with Crippen molar-refractivity contribution in [2.24, 2.45) is 29.1 Å². The smallest absolute Gasteiger partial charge is 0.241 e. The molecule has 2 saturated heterocycles. The van der Waals surface area contributed by atoms with Crippen LogP contribution in [0.1, 0.15) is 37.2 Å². The summed E-state index contributed by atoms with van der Waals surface area (Å²) in [5.41, 5.74) is -0.347. The van der Waals surface area contributed by atoms with Gasteiger partial charge >= 0.3 is 0 Å². The third-order valence-corrected chi connectivity index (χ3v) is 8.69. The van der Waals surface area contributed by atoms with Crippen LogP contribution in [-0.2, 0) is 25.8 Å². The van der Waals surface area contributed by atoms with E-state index in [2.05, 4.69) is 5.32 Å². The minimum absolute atomic E-state index is 0.157. The third-order valence-electron chi connectivity index (χ3n) is 8.40. The fourth-order valence-corrected chi connectivity index (χ4v) is 6.91. The summed E-state index contributed by atoms with van der Waals surface area (Å²) in [7, 11) is 0. The number of amides is 4. The van der Waals surface area contributed by atoms with Gasteiger partial charge in [-0.15, -0.1) is 0 Å². The van der Waals surface area contributed by atoms with Gasteiger partial charge in [0.2, 0.25) is 23.6 Å². The van der Waals surface area contributed by atoms with Crippen molar-refractivity contribution in [1.82, 2.24) is 5.32 Å². The fraction of sp³-hybridized carbons (Fsp3) is 0.385. The molecular formula is C26H22ClFN2O6. The SMILES string of the molecule is CC12C(=O)N(c3ccc(F)c(Cl)c3)C(=O)C1CC1C(=CCC3C(=O)NC(=O)C31)C2c1ccc(CO)o1. The number of allylic oxidation sites excluding steroid dienone is 2. The molecule has 0 spiro atoms. The number of rotatable bonds is 3. The van der Waals surface area contributed by atoms with Crippen LogP contribution < -0.4 is 10.2 Å². The van der Waals surface area contributed by atoms with Gasteiger partial charge in [0.25, 0.3) is 0 Å². The van der Waals surface area contributed by atoms with Gasteiger partial charge in [-0.2, -0.15) is 0 Å². The van der Waals surface area contributed by atoms with Crippen molar-refractivity contribution >= 4 is 40.9 Å². The molecule has 2 aliphatic carbocycles. The number of carbonyl (C=O) groups excluding carboxylic acids is 4. The Kier molecular flexibility index (Phi) is 5.04. The standard InChI is InChI=1S/C26H22ClFN2O6/c1-26-16(24(34)30(25(26)35)11-2-6-18(28)17(27)8-11)9-15-13(21(26)19-7-3-12(10-31)36-19)4-5-14-20(15)23(33)29-22(14)32/h2-4,6-8,14-16,20-21,31H,5,9-10H2,1H3,(H,29,32,33). The minimum Gasteiger partial charge on any atom is -0.463 e. The highest BCUT2D eigenvalue weighted by Crippen LogP contribution is 2.63. The molecule has 3 heterocycles. The largest absolute Gasteiger partial charge is 0.463 e. The summed E-state index contributed by atoms with van der Waals surface area (Å²) in [4.78, 5) is 54.1. The molecular weight excluding hydrogens is 491 g/mol. The molecule has 2 N–H and O–H groups in total. The van der Waals surface area contributed by atoms with E-state index in [1.54, 1.807) is 19.1 Å². The Morgan fingerprint density at radius 2 is 1.94 bits per heavy atom. The van der Waals surface area contributed by atoms with E-state index in [1.165, 1.54) is 12.1 Å². The number of fused-ring (bicyclic) bond motifs is 4. The average Bonchev–Trinajstić information content (AvgIpc) is 3.49. The molecule has 0 radical (unpaired) electrons. The van der Waals surface area contributed by atoms with Crippen molar-refractivity contribution in [1.29, 1.82) is 0 Å². The Morgan fingerprint density at radius 3 is 2.64 bits per heavy atom. The summed E-state index contributed by atoms with van der Waals surface area (Å²) in [5.74, 6) is -4.81. The average molecular weight is 513 g/mol. The van der Waals surface area contributed by atoms with Crippen molar-refractivity contribution in [2.45, 2.75) is 32.3 Å². The molecule has 186 valence electrons. The van der Waals surface area contributed by atoms with Gasteiger partial charge in [-0.05, 0) is 56.0 Å². The van der Waals surface area contributed by atoms with Gasteiger partial charge in [0.1, 0.15) is 23.9 Å². The maximum Gasteiger partial charge on any atom is 0.241 e. The number of nitrogens with zero attached hydrogens (tertiary/aromatic N) is 1. The van der Waals surface area contributed by atoms with Crippen molar-refractivity contribution in [2.75, 3.05) is 4.90 Å². The summed E-state index contributed by atoms with van der Waals surface area (Å²) in [5, 5.41) is 11.8. The number of benzene rings is 1. The number of aliphatic hydroxyl groups excluding tert-OH is 1. The fourth-order valence-electron chi connectivity index (χ4n) is 6.73. The van der Waals surface area contributed by atoms with E-state index in [4.69, 9.17) is 16.0 Å². The van der Waals surface area contributed by atoms with Crippen molar-refractivity contribution < 1.29 is 33.1 Å². The van der Waals surface area contributed by atoms with Gasteiger partial charge in [0.05, 0.1) is 39.8 Å². The monoisotopic (exact) mass is 512 g/mol. The first kappa shape index (κ1) is 23.1. The number of aliphatic hydroxyl groups is 1. The number of imide groups is 2. The maximum atomic E-state index is 14.1. The van der Waals surface area contributed by atoms with Crippen LogP contribution in [0.5, 0.6) is 0 Å². The lowest BCUT2D eigenvalue weighted by atomic mass is 9.52. The first-order valence-electron chi connectivity index (χ1n) is 11.7. The molecule has 1 aromatic heterocycles. The summed E-state index contributed by atoms with van der Waals surface area (Å²) in [6, 6.07) is 6.94. The highest BCUT2D eigenvalue weighted by molar-refractivity contribution is 6.31. The third kappa shape index (κ3) is 2.96. The first-order valence-corrected chi connectivity index (χ1v) is 12.1. The van der Waals surface area contributed by atoms with E-state index in [0.717, 1.165) is 16.5 Å². The molecule has 2 aromatic rings. The van der Waals surface area contributed by atoms with Crippen LogP contribution in [0.15, 0.2) is 46.4 Å². The number of nitrogens with one attached hydrogen (secondary N) is 1. The van der Waals surface area contributed by atoms with Gasteiger partial charge in [-0.3, -0.25) is 24.5 Å². The summed E-state index contributed by atoms with van der Waals surface area (Å²) >= 11 is 5.96. The van der Waals surface area contributed by atoms with Crippen LogP contribution in [0.25, 0.3) is 0 Å². The number of furan rings is 1. The molecule has 10 heteroatoms. The maximum absolute atomic E-state index is 14.1. The van der Waals surface area contributed by atoms with Crippen LogP contribution in [0.4, 0.5) is 10.1 Å². The second-order valence-corrected chi connectivity index (χ2v) is 10.5. The zero-order chi connectivity index (χ0) is 25.5. The van der Waals surface area contributed by atoms with E-state index < -0.39 is 52.6 Å². The highest BCUT2D eigenvalue weighted by atomic mass is 35.5. The molecule has 0 bridgehead atoms. The number of halogens is 2. The highest BCUT2D eigenvalue weighted by Gasteiger charge is 2.67. The second kappa shape index (κ2) is 7.85. The number of hydrogen-bond donors (Lipinski definition) is 2. The van der Waals surface area contributed by atoms with Crippen LogP contribution in [0, 0.1) is 34.9 Å². The summed E-state index contributed by atoms with van der Waals surface area (Å²) in [6.45, 7) is 1.36. The molecule has 6 unspecified atom stereocenters. The molecule has 1 saturated carbocycles. The molecule has 8 nitrogen and oxygen atoms in total. The van der Waals surface area contributed by atoms with Crippen LogP contribution in [-0.4, -0.2) is 28.7 Å². The lowest BCUT2D eigenvalue weighted by Crippen LogP contribution is -2.48. The van der Waals surface area contributed by atoms with Crippen molar-refractivity contribution in [3.05, 3.63) is 64.3 Å². The van der Waals surface area contributed by atoms with Gasteiger partial charge in [-0.1, -0.05) is 23.3 Å². The Labute approximate surface area is 210 Å². The lowest BCUT2D eigenvalue weighted by molar-refractivity contribution is -0.131. The zero-order valence-electron chi connectivity index (χ0n) is 19.2. The van der Waals surface area contributed by atoms with Gasteiger partial charge in [0.15, 0.2) is 0 Å². The quantitative estimate of drug-likeness (QED) is 0.482. The molecule has 6 rings (SSSR count). The Balaban J connectivity index is 1.52. The number of carbonyl (C=O) groups is 4. The number of anilines is 1. The first-order chi connectivity index (χ1) is 17.2. The molecule has 36 heavy (non-hydrogen) atoms. The predicted molar refractivity (Wildman–Crippen MR) is 124 cm³/mol.